The van der Waals surface area contributed by atoms with Crippen LogP contribution in [0.3, 0.4) is 0 Å². The first kappa shape index (κ1) is 18.5. The number of aryl methyl sites for hydroxylation is 1. The topological polar surface area (TPSA) is 62.5 Å². The zero-order chi connectivity index (χ0) is 17.4. The van der Waals surface area contributed by atoms with Gasteiger partial charge in [0.05, 0.1) is 18.8 Å². The molecule has 0 bridgehead atoms. The summed E-state index contributed by atoms with van der Waals surface area (Å²) in [5, 5.41) is 10.8. The van der Waals surface area contributed by atoms with Gasteiger partial charge in [-0.2, -0.15) is 0 Å². The highest BCUT2D eigenvalue weighted by atomic mass is 32.1. The molecule has 0 aliphatic rings. The summed E-state index contributed by atoms with van der Waals surface area (Å²) in [6, 6.07) is 6.40. The van der Waals surface area contributed by atoms with Gasteiger partial charge in [0.1, 0.15) is 0 Å². The lowest BCUT2D eigenvalue weighted by molar-refractivity contribution is 0.368. The Bertz CT molecular complexity index is 643. The number of nitrogens with zero attached hydrogens (tertiary/aromatic N) is 2. The first-order valence-corrected chi connectivity index (χ1v) is 9.49. The molecule has 0 radical (unpaired) electrons. The van der Waals surface area contributed by atoms with E-state index in [2.05, 4.69) is 53.7 Å². The molecule has 24 heavy (non-hydrogen) atoms. The Morgan fingerprint density at radius 2 is 1.88 bits per heavy atom. The molecule has 2 aromatic rings. The van der Waals surface area contributed by atoms with Crippen LogP contribution in [0.25, 0.3) is 0 Å². The molecule has 5 nitrogen and oxygen atoms in total. The van der Waals surface area contributed by atoms with E-state index in [0.29, 0.717) is 12.5 Å². The van der Waals surface area contributed by atoms with Crippen LogP contribution in [0.15, 0.2) is 27.7 Å². The number of hydrogen-bond donors (Lipinski definition) is 2. The standard InChI is InChI=1S/C18H28N4OS/c1-5-13(6-2)17-10-14(23-22-17)11-20-18(19-4)21-12-16-9-8-15(7-3)24-16/h8-10,13H,5-7,11-12H2,1-4H3,(H2,19,20,21). The molecule has 0 aliphatic carbocycles. The first-order valence-electron chi connectivity index (χ1n) is 8.67. The lowest BCUT2D eigenvalue weighted by Crippen LogP contribution is -2.36. The number of guanidine groups is 1. The molecule has 0 unspecified atom stereocenters. The maximum absolute atomic E-state index is 5.43. The van der Waals surface area contributed by atoms with Gasteiger partial charge in [-0.15, -0.1) is 11.3 Å². The molecule has 0 spiro atoms. The summed E-state index contributed by atoms with van der Waals surface area (Å²) in [5.41, 5.74) is 1.05. The molecule has 0 amide bonds. The Labute approximate surface area is 148 Å². The van der Waals surface area contributed by atoms with Gasteiger partial charge >= 0.3 is 0 Å². The molecule has 0 saturated carbocycles. The van der Waals surface area contributed by atoms with Crippen molar-refractivity contribution in [3.63, 3.8) is 0 Å². The minimum absolute atomic E-state index is 0.478. The van der Waals surface area contributed by atoms with Gasteiger partial charge in [0.15, 0.2) is 11.7 Å². The lowest BCUT2D eigenvalue weighted by Gasteiger charge is -2.09. The van der Waals surface area contributed by atoms with Crippen molar-refractivity contribution in [2.45, 2.75) is 59.0 Å². The van der Waals surface area contributed by atoms with Gasteiger partial charge in [0, 0.05) is 28.8 Å². The third-order valence-electron chi connectivity index (χ3n) is 4.13. The van der Waals surface area contributed by atoms with E-state index < -0.39 is 0 Å². The Kier molecular flexibility index (Phi) is 7.31. The summed E-state index contributed by atoms with van der Waals surface area (Å²) in [7, 11) is 1.78. The normalized spacial score (nSPS) is 12.0. The predicted octanol–water partition coefficient (Wildman–Crippen LogP) is 4.07. The van der Waals surface area contributed by atoms with Gasteiger partial charge in [-0.3, -0.25) is 4.99 Å². The largest absolute Gasteiger partial charge is 0.359 e. The highest BCUT2D eigenvalue weighted by molar-refractivity contribution is 7.11. The maximum Gasteiger partial charge on any atom is 0.191 e. The van der Waals surface area contributed by atoms with Crippen LogP contribution in [0.2, 0.25) is 0 Å². The van der Waals surface area contributed by atoms with Crippen molar-refractivity contribution in [1.82, 2.24) is 15.8 Å². The van der Waals surface area contributed by atoms with Crippen molar-refractivity contribution in [3.8, 4) is 0 Å². The summed E-state index contributed by atoms with van der Waals surface area (Å²) in [4.78, 5) is 6.97. The fourth-order valence-electron chi connectivity index (χ4n) is 2.58. The van der Waals surface area contributed by atoms with E-state index in [0.717, 1.165) is 43.2 Å². The van der Waals surface area contributed by atoms with Gasteiger partial charge in [0.25, 0.3) is 0 Å². The van der Waals surface area contributed by atoms with Gasteiger partial charge in [0.2, 0.25) is 0 Å². The average Bonchev–Trinajstić information content (AvgIpc) is 3.25. The molecule has 0 aromatic carbocycles. The molecule has 0 atom stereocenters. The second kappa shape index (κ2) is 9.47. The molecule has 0 aliphatic heterocycles. The molecule has 2 N–H and O–H groups in total. The number of aromatic nitrogens is 1. The summed E-state index contributed by atoms with van der Waals surface area (Å²) >= 11 is 1.84. The van der Waals surface area contributed by atoms with Crippen LogP contribution in [0, 0.1) is 0 Å². The van der Waals surface area contributed by atoms with Gasteiger partial charge in [-0.1, -0.05) is 25.9 Å². The monoisotopic (exact) mass is 348 g/mol. The molecule has 2 aromatic heterocycles. The van der Waals surface area contributed by atoms with Crippen molar-refractivity contribution in [3.05, 3.63) is 39.4 Å². The number of hydrogen-bond acceptors (Lipinski definition) is 4. The van der Waals surface area contributed by atoms with Crippen LogP contribution in [-0.4, -0.2) is 18.2 Å². The predicted molar refractivity (Wildman–Crippen MR) is 101 cm³/mol. The molecule has 132 valence electrons. The minimum atomic E-state index is 0.478. The highest BCUT2D eigenvalue weighted by Gasteiger charge is 2.13. The Hall–Kier alpha value is -1.82. The van der Waals surface area contributed by atoms with Gasteiger partial charge in [-0.05, 0) is 31.4 Å². The van der Waals surface area contributed by atoms with Crippen molar-refractivity contribution >= 4 is 17.3 Å². The van der Waals surface area contributed by atoms with Crippen LogP contribution in [0.5, 0.6) is 0 Å². The first-order chi connectivity index (χ1) is 11.7. The summed E-state index contributed by atoms with van der Waals surface area (Å²) in [6.07, 6.45) is 3.25. The quantitative estimate of drug-likeness (QED) is 0.558. The van der Waals surface area contributed by atoms with Crippen LogP contribution in [0.4, 0.5) is 0 Å². The Morgan fingerprint density at radius 3 is 2.50 bits per heavy atom. The third-order valence-corrected chi connectivity index (χ3v) is 5.36. The van der Waals surface area contributed by atoms with E-state index in [4.69, 9.17) is 4.52 Å². The lowest BCUT2D eigenvalue weighted by atomic mass is 9.99. The number of nitrogens with one attached hydrogen (secondary N) is 2. The molecule has 0 fully saturated rings. The van der Waals surface area contributed by atoms with E-state index >= 15 is 0 Å². The Morgan fingerprint density at radius 1 is 1.17 bits per heavy atom. The second-order valence-electron chi connectivity index (χ2n) is 5.73. The number of aliphatic imine (C=N–C) groups is 1. The van der Waals surface area contributed by atoms with E-state index in [1.54, 1.807) is 7.05 Å². The van der Waals surface area contributed by atoms with Crippen molar-refractivity contribution in [2.75, 3.05) is 7.05 Å². The summed E-state index contributed by atoms with van der Waals surface area (Å²) in [5.74, 6) is 2.08. The molecule has 2 heterocycles. The van der Waals surface area contributed by atoms with Crippen LogP contribution < -0.4 is 10.6 Å². The molecular formula is C18H28N4OS. The minimum Gasteiger partial charge on any atom is -0.359 e. The average molecular weight is 349 g/mol. The number of rotatable bonds is 8. The van der Waals surface area contributed by atoms with E-state index in [1.807, 2.05) is 17.4 Å². The highest BCUT2D eigenvalue weighted by Crippen LogP contribution is 2.22. The second-order valence-corrected chi connectivity index (χ2v) is 6.99. The van der Waals surface area contributed by atoms with Crippen molar-refractivity contribution < 1.29 is 4.52 Å². The van der Waals surface area contributed by atoms with E-state index in [9.17, 15) is 0 Å². The summed E-state index contributed by atoms with van der Waals surface area (Å²) in [6.45, 7) is 7.90. The maximum atomic E-state index is 5.43. The van der Waals surface area contributed by atoms with E-state index in [1.165, 1.54) is 9.75 Å². The van der Waals surface area contributed by atoms with Crippen molar-refractivity contribution in [2.24, 2.45) is 4.99 Å². The molecule has 2 rings (SSSR count). The van der Waals surface area contributed by atoms with Crippen LogP contribution >= 0.6 is 11.3 Å². The van der Waals surface area contributed by atoms with E-state index in [-0.39, 0.29) is 0 Å². The zero-order valence-electron chi connectivity index (χ0n) is 15.1. The fraction of sp³-hybridized carbons (Fsp3) is 0.556. The third kappa shape index (κ3) is 5.09. The molecular weight excluding hydrogens is 320 g/mol. The smallest absolute Gasteiger partial charge is 0.191 e. The van der Waals surface area contributed by atoms with Gasteiger partial charge < -0.3 is 15.2 Å². The van der Waals surface area contributed by atoms with Crippen LogP contribution in [0.1, 0.15) is 60.7 Å². The Balaban J connectivity index is 1.83. The van der Waals surface area contributed by atoms with Crippen LogP contribution in [-0.2, 0) is 19.5 Å². The zero-order valence-corrected chi connectivity index (χ0v) is 15.9. The number of thiophene rings is 1. The van der Waals surface area contributed by atoms with Gasteiger partial charge in [-0.25, -0.2) is 0 Å². The molecule has 0 saturated heterocycles. The fourth-order valence-corrected chi connectivity index (χ4v) is 3.48. The SMILES string of the molecule is CCc1ccc(CNC(=NC)NCc2cc(C(CC)CC)no2)s1. The molecule has 6 heteroatoms. The summed E-state index contributed by atoms with van der Waals surface area (Å²) < 4.78 is 5.43. The van der Waals surface area contributed by atoms with Crippen molar-refractivity contribution in [1.29, 1.82) is 0 Å².